The zero-order valence-electron chi connectivity index (χ0n) is 22.1. The molecule has 0 aliphatic rings. The molecule has 1 heterocycles. The summed E-state index contributed by atoms with van der Waals surface area (Å²) in [5, 5.41) is 5.66. The van der Waals surface area contributed by atoms with Crippen LogP contribution in [0.1, 0.15) is 37.6 Å². The quantitative estimate of drug-likeness (QED) is 0.159. The SMILES string of the molecule is COc1cc(/C=C/NC(=O)C(c2csc3ccc(Cl)cc23)P(C)(=O)OCOC(=O)C(C)(C)C)cc(OC)c1. The number of methoxy groups -OCH3 is 2. The largest absolute Gasteiger partial charge is 0.497 e. The maximum absolute atomic E-state index is 13.9. The van der Waals surface area contributed by atoms with Crippen LogP contribution in [0.15, 0.2) is 48.0 Å². The van der Waals surface area contributed by atoms with Crippen LogP contribution in [0.25, 0.3) is 16.2 Å². The predicted molar refractivity (Wildman–Crippen MR) is 151 cm³/mol. The van der Waals surface area contributed by atoms with E-state index >= 15 is 0 Å². The minimum atomic E-state index is -3.71. The summed E-state index contributed by atoms with van der Waals surface area (Å²) in [5.41, 5.74) is -0.719. The Bertz CT molecular complexity index is 1370. The number of fused-ring (bicyclic) bond motifs is 1. The van der Waals surface area contributed by atoms with Gasteiger partial charge in [0, 0.05) is 28.7 Å². The van der Waals surface area contributed by atoms with Crippen LogP contribution in [0.2, 0.25) is 5.02 Å². The van der Waals surface area contributed by atoms with E-state index in [1.54, 1.807) is 76.8 Å². The van der Waals surface area contributed by atoms with Crippen molar-refractivity contribution in [1.29, 1.82) is 0 Å². The average molecular weight is 580 g/mol. The highest BCUT2D eigenvalue weighted by Crippen LogP contribution is 2.59. The predicted octanol–water partition coefficient (Wildman–Crippen LogP) is 6.87. The second-order valence-corrected chi connectivity index (χ2v) is 13.5. The van der Waals surface area contributed by atoms with Crippen LogP contribution in [-0.4, -0.2) is 39.6 Å². The zero-order chi connectivity index (χ0) is 28.1. The van der Waals surface area contributed by atoms with E-state index in [0.717, 1.165) is 10.3 Å². The summed E-state index contributed by atoms with van der Waals surface area (Å²) >= 11 is 7.62. The minimum Gasteiger partial charge on any atom is -0.497 e. The molecule has 3 rings (SSSR count). The number of amides is 1. The van der Waals surface area contributed by atoms with E-state index in [0.29, 0.717) is 27.5 Å². The van der Waals surface area contributed by atoms with E-state index in [2.05, 4.69) is 5.32 Å². The van der Waals surface area contributed by atoms with Crippen LogP contribution in [0.4, 0.5) is 0 Å². The van der Waals surface area contributed by atoms with Gasteiger partial charge in [0.15, 0.2) is 6.79 Å². The molecule has 0 spiro atoms. The summed E-state index contributed by atoms with van der Waals surface area (Å²) < 4.78 is 36.0. The molecule has 38 heavy (non-hydrogen) atoms. The van der Waals surface area contributed by atoms with Gasteiger partial charge < -0.3 is 19.5 Å². The minimum absolute atomic E-state index is 0.481. The maximum Gasteiger partial charge on any atom is 0.313 e. The van der Waals surface area contributed by atoms with E-state index < -0.39 is 37.1 Å². The smallest absolute Gasteiger partial charge is 0.313 e. The van der Waals surface area contributed by atoms with Crippen molar-refractivity contribution >= 4 is 58.3 Å². The van der Waals surface area contributed by atoms with Crippen LogP contribution < -0.4 is 14.8 Å². The molecule has 1 aromatic heterocycles. The second kappa shape index (κ2) is 12.3. The molecule has 3 aromatic rings. The molecule has 0 radical (unpaired) electrons. The summed E-state index contributed by atoms with van der Waals surface area (Å²) in [4.78, 5) is 25.7. The van der Waals surface area contributed by atoms with E-state index in [9.17, 15) is 14.2 Å². The Morgan fingerprint density at radius 2 is 1.76 bits per heavy atom. The number of hydrogen-bond donors (Lipinski definition) is 1. The third-order valence-corrected chi connectivity index (χ3v) is 8.85. The molecule has 0 bridgehead atoms. The number of rotatable bonds is 10. The fourth-order valence-corrected chi connectivity index (χ4v) is 6.41. The molecule has 0 saturated heterocycles. The van der Waals surface area contributed by atoms with Crippen LogP contribution in [0.5, 0.6) is 11.5 Å². The Morgan fingerprint density at radius 3 is 2.37 bits per heavy atom. The van der Waals surface area contributed by atoms with Crippen molar-refractivity contribution in [2.45, 2.75) is 26.4 Å². The molecule has 0 fully saturated rings. The lowest BCUT2D eigenvalue weighted by Gasteiger charge is -2.24. The summed E-state index contributed by atoms with van der Waals surface area (Å²) in [6, 6.07) is 10.6. The monoisotopic (exact) mass is 579 g/mol. The van der Waals surface area contributed by atoms with Crippen molar-refractivity contribution in [3.63, 3.8) is 0 Å². The summed E-state index contributed by atoms with van der Waals surface area (Å²) in [6.07, 6.45) is 3.11. The first kappa shape index (κ1) is 29.7. The normalized spacial score (nSPS) is 14.2. The first-order valence-electron chi connectivity index (χ1n) is 11.6. The molecule has 0 saturated carbocycles. The highest BCUT2D eigenvalue weighted by atomic mass is 35.5. The van der Waals surface area contributed by atoms with E-state index in [1.807, 2.05) is 6.07 Å². The van der Waals surface area contributed by atoms with Gasteiger partial charge in [-0.15, -0.1) is 11.3 Å². The Labute approximate surface area is 231 Å². The molecule has 2 unspecified atom stereocenters. The number of nitrogens with one attached hydrogen (secondary N) is 1. The lowest BCUT2D eigenvalue weighted by molar-refractivity contribution is -0.159. The number of hydrogen-bond acceptors (Lipinski definition) is 8. The van der Waals surface area contributed by atoms with Gasteiger partial charge in [-0.2, -0.15) is 0 Å². The lowest BCUT2D eigenvalue weighted by atomic mass is 9.98. The fourth-order valence-electron chi connectivity index (χ4n) is 3.54. The molecule has 11 heteroatoms. The first-order chi connectivity index (χ1) is 17.9. The molecule has 0 aliphatic carbocycles. The van der Waals surface area contributed by atoms with Gasteiger partial charge in [0.05, 0.1) is 19.6 Å². The number of esters is 1. The number of ether oxygens (including phenoxy) is 3. The topological polar surface area (TPSA) is 100 Å². The molecular weight excluding hydrogens is 549 g/mol. The molecule has 2 atom stereocenters. The Balaban J connectivity index is 1.90. The highest BCUT2D eigenvalue weighted by molar-refractivity contribution is 7.59. The van der Waals surface area contributed by atoms with Gasteiger partial charge in [-0.1, -0.05) is 11.6 Å². The number of benzene rings is 2. The standard InChI is InChI=1S/C27H31ClNO7PS/c1-27(2,3)26(31)35-16-36-37(6,32)24(22-15-38-23-8-7-18(28)13-21(22)23)25(30)29-10-9-17-11-19(33-4)14-20(12-17)34-5/h7-15,24H,16H2,1-6H3,(H,29,30)/b10-9+. The van der Waals surface area contributed by atoms with Crippen LogP contribution >= 0.6 is 30.3 Å². The maximum atomic E-state index is 13.9. The first-order valence-corrected chi connectivity index (χ1v) is 15.0. The highest BCUT2D eigenvalue weighted by Gasteiger charge is 2.39. The van der Waals surface area contributed by atoms with Crippen LogP contribution in [0.3, 0.4) is 0 Å². The van der Waals surface area contributed by atoms with Crippen molar-refractivity contribution in [2.24, 2.45) is 5.41 Å². The third kappa shape index (κ3) is 7.38. The third-order valence-electron chi connectivity index (χ3n) is 5.56. The van der Waals surface area contributed by atoms with Gasteiger partial charge in [0.25, 0.3) is 0 Å². The molecule has 204 valence electrons. The van der Waals surface area contributed by atoms with Crippen LogP contribution in [0, 0.1) is 5.41 Å². The van der Waals surface area contributed by atoms with Crippen molar-refractivity contribution in [3.05, 3.63) is 64.1 Å². The Morgan fingerprint density at radius 1 is 1.11 bits per heavy atom. The number of carbonyl (C=O) groups is 2. The molecule has 2 aromatic carbocycles. The number of carbonyl (C=O) groups excluding carboxylic acids is 2. The van der Waals surface area contributed by atoms with Crippen molar-refractivity contribution < 1.29 is 32.9 Å². The summed E-state index contributed by atoms with van der Waals surface area (Å²) in [7, 11) is -0.622. The average Bonchev–Trinajstić information content (AvgIpc) is 3.25. The van der Waals surface area contributed by atoms with E-state index in [-0.39, 0.29) is 0 Å². The molecular formula is C27H31ClNO7PS. The Hall–Kier alpha value is -2.84. The molecule has 1 amide bonds. The van der Waals surface area contributed by atoms with Gasteiger partial charge in [0.1, 0.15) is 17.2 Å². The molecule has 1 N–H and O–H groups in total. The molecule has 0 aliphatic heterocycles. The molecule has 8 nitrogen and oxygen atoms in total. The second-order valence-electron chi connectivity index (χ2n) is 9.56. The van der Waals surface area contributed by atoms with E-state index in [1.165, 1.54) is 24.2 Å². The van der Waals surface area contributed by atoms with Crippen molar-refractivity contribution in [1.82, 2.24) is 5.32 Å². The fraction of sp³-hybridized carbons (Fsp3) is 0.333. The zero-order valence-corrected chi connectivity index (χ0v) is 24.5. The number of thiophene rings is 1. The summed E-state index contributed by atoms with van der Waals surface area (Å²) in [6.45, 7) is 5.90. The van der Waals surface area contributed by atoms with Gasteiger partial charge >= 0.3 is 5.97 Å². The van der Waals surface area contributed by atoms with Crippen molar-refractivity contribution in [2.75, 3.05) is 27.7 Å². The van der Waals surface area contributed by atoms with Gasteiger partial charge in [-0.25, -0.2) is 0 Å². The van der Waals surface area contributed by atoms with Gasteiger partial charge in [-0.05, 0) is 79.1 Å². The van der Waals surface area contributed by atoms with E-state index in [4.69, 9.17) is 30.3 Å². The van der Waals surface area contributed by atoms with Crippen molar-refractivity contribution in [3.8, 4) is 11.5 Å². The lowest BCUT2D eigenvalue weighted by Crippen LogP contribution is -2.27. The number of halogens is 1. The summed E-state index contributed by atoms with van der Waals surface area (Å²) in [5.74, 6) is 0.115. The van der Waals surface area contributed by atoms with Gasteiger partial charge in [0.2, 0.25) is 13.3 Å². The Kier molecular flexibility index (Phi) is 9.65. The van der Waals surface area contributed by atoms with Crippen LogP contribution in [-0.2, 0) is 23.4 Å². The van der Waals surface area contributed by atoms with Gasteiger partial charge in [-0.3, -0.25) is 18.7 Å².